The van der Waals surface area contributed by atoms with Gasteiger partial charge < -0.3 is 4.74 Å². The smallest absolute Gasteiger partial charge is 0.206 e. The van der Waals surface area contributed by atoms with Crippen LogP contribution in [-0.4, -0.2) is 15.0 Å². The van der Waals surface area contributed by atoms with E-state index >= 15 is 0 Å². The molecule has 0 radical (unpaired) electrons. The first-order chi connectivity index (χ1) is 9.57. The van der Waals surface area contributed by atoms with Gasteiger partial charge in [0, 0.05) is 0 Å². The predicted octanol–water partition coefficient (Wildman–Crippen LogP) is 3.03. The highest BCUT2D eigenvalue weighted by Crippen LogP contribution is 2.33. The number of para-hydroxylation sites is 1. The normalized spacial score (nSPS) is 15.6. The maximum absolute atomic E-state index is 13.1. The summed E-state index contributed by atoms with van der Waals surface area (Å²) < 4.78 is 43.1. The summed E-state index contributed by atoms with van der Waals surface area (Å²) in [6, 6.07) is 12.6. The summed E-state index contributed by atoms with van der Waals surface area (Å²) in [5.41, 5.74) is 0.372. The molecule has 20 heavy (non-hydrogen) atoms. The van der Waals surface area contributed by atoms with Crippen LogP contribution in [0.5, 0.6) is 5.75 Å². The molecule has 0 fully saturated rings. The third kappa shape index (κ3) is 2.20. The summed E-state index contributed by atoms with van der Waals surface area (Å²) >= 11 is 0. The van der Waals surface area contributed by atoms with Crippen molar-refractivity contribution in [2.45, 2.75) is 4.90 Å². The van der Waals surface area contributed by atoms with Gasteiger partial charge in [-0.1, -0.05) is 18.2 Å². The summed E-state index contributed by atoms with van der Waals surface area (Å²) in [5.74, 6) is 0.131. The number of hydrogen-bond acceptors (Lipinski definition) is 3. The van der Waals surface area contributed by atoms with Gasteiger partial charge in [-0.3, -0.25) is 0 Å². The number of sulfone groups is 1. The fraction of sp³-hybridized carbons (Fsp3) is 0.0667. The fourth-order valence-corrected chi connectivity index (χ4v) is 3.51. The van der Waals surface area contributed by atoms with Crippen LogP contribution in [0.25, 0.3) is 6.08 Å². The number of ether oxygens (including phenoxy) is 1. The van der Waals surface area contributed by atoms with Crippen molar-refractivity contribution in [3.8, 4) is 5.75 Å². The zero-order valence-corrected chi connectivity index (χ0v) is 11.2. The van der Waals surface area contributed by atoms with Gasteiger partial charge >= 0.3 is 0 Å². The van der Waals surface area contributed by atoms with Crippen molar-refractivity contribution in [3.63, 3.8) is 0 Å². The maximum atomic E-state index is 13.1. The standard InChI is InChI=1S/C15H11FO3S/c16-12-6-7-15-11(8-12)9-14(20(15,17)18)10-19-13-4-2-1-3-5-13/h1-9H,10H2. The van der Waals surface area contributed by atoms with E-state index in [9.17, 15) is 12.8 Å². The van der Waals surface area contributed by atoms with Crippen LogP contribution in [0.1, 0.15) is 5.56 Å². The molecule has 0 N–H and O–H groups in total. The summed E-state index contributed by atoms with van der Waals surface area (Å²) in [6.07, 6.45) is 1.46. The van der Waals surface area contributed by atoms with Crippen LogP contribution < -0.4 is 4.74 Å². The van der Waals surface area contributed by atoms with E-state index in [2.05, 4.69) is 0 Å². The number of fused-ring (bicyclic) bond motifs is 1. The molecule has 1 aliphatic rings. The molecule has 102 valence electrons. The van der Waals surface area contributed by atoms with Crippen LogP contribution >= 0.6 is 0 Å². The monoisotopic (exact) mass is 290 g/mol. The van der Waals surface area contributed by atoms with Gasteiger partial charge in [0.25, 0.3) is 0 Å². The number of halogens is 1. The fourth-order valence-electron chi connectivity index (χ4n) is 2.06. The van der Waals surface area contributed by atoms with Crippen molar-refractivity contribution in [2.75, 3.05) is 6.61 Å². The van der Waals surface area contributed by atoms with Crippen molar-refractivity contribution in [2.24, 2.45) is 0 Å². The van der Waals surface area contributed by atoms with Gasteiger partial charge in [-0.25, -0.2) is 12.8 Å². The van der Waals surface area contributed by atoms with Gasteiger partial charge in [0.05, 0.1) is 9.80 Å². The van der Waals surface area contributed by atoms with Crippen LogP contribution in [0.2, 0.25) is 0 Å². The van der Waals surface area contributed by atoms with E-state index < -0.39 is 15.7 Å². The predicted molar refractivity (Wildman–Crippen MR) is 73.5 cm³/mol. The second-order valence-electron chi connectivity index (χ2n) is 4.40. The Morgan fingerprint density at radius 2 is 1.80 bits per heavy atom. The molecular formula is C15H11FO3S. The second-order valence-corrected chi connectivity index (χ2v) is 6.37. The van der Waals surface area contributed by atoms with Crippen molar-refractivity contribution in [1.82, 2.24) is 0 Å². The molecule has 0 unspecified atom stereocenters. The van der Waals surface area contributed by atoms with E-state index in [1.165, 1.54) is 18.2 Å². The van der Waals surface area contributed by atoms with Gasteiger partial charge in [-0.15, -0.1) is 0 Å². The first-order valence-corrected chi connectivity index (χ1v) is 7.49. The van der Waals surface area contributed by atoms with Gasteiger partial charge in [0.2, 0.25) is 9.84 Å². The van der Waals surface area contributed by atoms with Crippen LogP contribution in [0.3, 0.4) is 0 Å². The molecule has 3 nitrogen and oxygen atoms in total. The lowest BCUT2D eigenvalue weighted by Crippen LogP contribution is -2.08. The average molecular weight is 290 g/mol. The lowest BCUT2D eigenvalue weighted by molar-refractivity contribution is 0.359. The molecule has 0 bridgehead atoms. The minimum atomic E-state index is -3.56. The molecular weight excluding hydrogens is 279 g/mol. The third-order valence-electron chi connectivity index (χ3n) is 3.05. The first-order valence-electron chi connectivity index (χ1n) is 6.00. The SMILES string of the molecule is O=S1(=O)C(COc2ccccc2)=Cc2cc(F)ccc21. The highest BCUT2D eigenvalue weighted by molar-refractivity contribution is 7.95. The molecule has 0 saturated carbocycles. The molecule has 2 aromatic rings. The number of rotatable bonds is 3. The Labute approximate surface area is 116 Å². The summed E-state index contributed by atoms with van der Waals surface area (Å²) in [7, 11) is -3.56. The molecule has 2 aromatic carbocycles. The van der Waals surface area contributed by atoms with Crippen LogP contribution in [-0.2, 0) is 9.84 Å². The third-order valence-corrected chi connectivity index (χ3v) is 4.92. The van der Waals surface area contributed by atoms with Crippen LogP contribution in [0, 0.1) is 5.82 Å². The molecule has 1 heterocycles. The van der Waals surface area contributed by atoms with E-state index in [0.717, 1.165) is 6.07 Å². The van der Waals surface area contributed by atoms with Crippen LogP contribution in [0.4, 0.5) is 4.39 Å². The Morgan fingerprint density at radius 1 is 1.05 bits per heavy atom. The van der Waals surface area contributed by atoms with E-state index in [1.807, 2.05) is 6.07 Å². The minimum Gasteiger partial charge on any atom is -0.488 e. The molecule has 0 spiro atoms. The molecule has 3 rings (SSSR count). The van der Waals surface area contributed by atoms with Crippen molar-refractivity contribution >= 4 is 15.9 Å². The Balaban J connectivity index is 1.87. The zero-order chi connectivity index (χ0) is 14.2. The van der Waals surface area contributed by atoms with Crippen molar-refractivity contribution in [1.29, 1.82) is 0 Å². The topological polar surface area (TPSA) is 43.4 Å². The Kier molecular flexibility index (Phi) is 3.06. The van der Waals surface area contributed by atoms with Gasteiger partial charge in [-0.2, -0.15) is 0 Å². The highest BCUT2D eigenvalue weighted by atomic mass is 32.2. The largest absolute Gasteiger partial charge is 0.488 e. The molecule has 0 aliphatic carbocycles. The quantitative estimate of drug-likeness (QED) is 0.816. The van der Waals surface area contributed by atoms with E-state index in [4.69, 9.17) is 4.74 Å². The first kappa shape index (κ1) is 12.9. The van der Waals surface area contributed by atoms with E-state index in [0.29, 0.717) is 11.3 Å². The minimum absolute atomic E-state index is 0.0668. The lowest BCUT2D eigenvalue weighted by Gasteiger charge is -2.07. The summed E-state index contributed by atoms with van der Waals surface area (Å²) in [4.78, 5) is 0.271. The average Bonchev–Trinajstić information content (AvgIpc) is 2.68. The second kappa shape index (κ2) is 4.76. The van der Waals surface area contributed by atoms with Crippen molar-refractivity contribution < 1.29 is 17.5 Å². The summed E-state index contributed by atoms with van der Waals surface area (Å²) in [6.45, 7) is -0.0668. The van der Waals surface area contributed by atoms with E-state index in [-0.39, 0.29) is 16.4 Å². The van der Waals surface area contributed by atoms with Crippen LogP contribution in [0.15, 0.2) is 58.3 Å². The lowest BCUT2D eigenvalue weighted by atomic mass is 10.2. The number of hydrogen-bond donors (Lipinski definition) is 0. The Hall–Kier alpha value is -2.14. The van der Waals surface area contributed by atoms with Crippen molar-refractivity contribution in [3.05, 3.63) is 64.8 Å². The molecule has 0 saturated heterocycles. The zero-order valence-electron chi connectivity index (χ0n) is 10.4. The Bertz CT molecular complexity index is 780. The van der Waals surface area contributed by atoms with Gasteiger partial charge in [-0.05, 0) is 42.0 Å². The Morgan fingerprint density at radius 3 is 2.55 bits per heavy atom. The maximum Gasteiger partial charge on any atom is 0.206 e. The molecule has 0 aromatic heterocycles. The molecule has 0 amide bonds. The van der Waals surface area contributed by atoms with E-state index in [1.54, 1.807) is 24.3 Å². The van der Waals surface area contributed by atoms with Gasteiger partial charge in [0.1, 0.15) is 18.2 Å². The molecule has 0 atom stereocenters. The van der Waals surface area contributed by atoms with Gasteiger partial charge in [0.15, 0.2) is 0 Å². The number of benzene rings is 2. The summed E-state index contributed by atoms with van der Waals surface area (Å²) in [5, 5.41) is 0. The molecule has 1 aliphatic heterocycles. The highest BCUT2D eigenvalue weighted by Gasteiger charge is 2.30. The molecule has 5 heteroatoms.